The molecule has 1 aromatic rings. The van der Waals surface area contributed by atoms with Gasteiger partial charge >= 0.3 is 0 Å². The molecule has 0 spiro atoms. The fourth-order valence-electron chi connectivity index (χ4n) is 3.86. The molecule has 1 atom stereocenters. The van der Waals surface area contributed by atoms with Gasteiger partial charge in [0.15, 0.2) is 0 Å². The number of benzene rings is 1. The zero-order valence-corrected chi connectivity index (χ0v) is 17.3. The Morgan fingerprint density at radius 1 is 1.15 bits per heavy atom. The highest BCUT2D eigenvalue weighted by molar-refractivity contribution is 7.88. The summed E-state index contributed by atoms with van der Waals surface area (Å²) >= 11 is 5.93. The number of sulfonamides is 1. The molecule has 2 aliphatic heterocycles. The van der Waals surface area contributed by atoms with E-state index in [4.69, 9.17) is 11.6 Å². The first kappa shape index (κ1) is 20.6. The van der Waals surface area contributed by atoms with E-state index in [1.54, 1.807) is 0 Å². The average Bonchev–Trinajstić information content (AvgIpc) is 2.64. The van der Waals surface area contributed by atoms with Crippen LogP contribution in [0.25, 0.3) is 0 Å². The van der Waals surface area contributed by atoms with Crippen LogP contribution in [-0.4, -0.2) is 62.0 Å². The van der Waals surface area contributed by atoms with Gasteiger partial charge in [-0.15, -0.1) is 0 Å². The van der Waals surface area contributed by atoms with E-state index in [0.717, 1.165) is 50.3 Å². The number of likely N-dealkylation sites (tertiary alicyclic amines) is 1. The number of piperidine rings is 2. The van der Waals surface area contributed by atoms with Crippen molar-refractivity contribution in [2.75, 3.05) is 32.4 Å². The van der Waals surface area contributed by atoms with Gasteiger partial charge in [-0.2, -0.15) is 0 Å². The minimum Gasteiger partial charge on any atom is -0.353 e. The van der Waals surface area contributed by atoms with Crippen molar-refractivity contribution < 1.29 is 13.2 Å². The summed E-state index contributed by atoms with van der Waals surface area (Å²) in [5, 5.41) is 3.90. The van der Waals surface area contributed by atoms with Gasteiger partial charge in [-0.25, -0.2) is 12.7 Å². The highest BCUT2D eigenvalue weighted by atomic mass is 35.5. The molecule has 0 aromatic heterocycles. The first-order valence-corrected chi connectivity index (χ1v) is 11.8. The lowest BCUT2D eigenvalue weighted by Crippen LogP contribution is -2.49. The molecule has 1 amide bonds. The second-order valence-electron chi connectivity index (χ2n) is 7.65. The first-order valence-electron chi connectivity index (χ1n) is 9.53. The molecule has 1 aromatic carbocycles. The number of nitrogens with zero attached hydrogens (tertiary/aromatic N) is 2. The Labute approximate surface area is 166 Å². The van der Waals surface area contributed by atoms with Crippen LogP contribution in [0.1, 0.15) is 31.2 Å². The van der Waals surface area contributed by atoms with Crippen LogP contribution in [0, 0.1) is 5.92 Å². The molecule has 0 radical (unpaired) electrons. The van der Waals surface area contributed by atoms with Crippen molar-refractivity contribution in [1.82, 2.24) is 14.5 Å². The molecule has 2 fully saturated rings. The normalized spacial score (nSPS) is 23.3. The number of nitrogens with one attached hydrogen (secondary N) is 1. The highest BCUT2D eigenvalue weighted by Crippen LogP contribution is 2.20. The second-order valence-corrected chi connectivity index (χ2v) is 10.1. The lowest BCUT2D eigenvalue weighted by Gasteiger charge is -2.34. The fraction of sp³-hybridized carbons (Fsp3) is 0.632. The van der Waals surface area contributed by atoms with Crippen molar-refractivity contribution in [1.29, 1.82) is 0 Å². The molecule has 1 unspecified atom stereocenters. The molecule has 1 N–H and O–H groups in total. The van der Waals surface area contributed by atoms with Gasteiger partial charge in [-0.1, -0.05) is 23.7 Å². The number of rotatable bonds is 5. The summed E-state index contributed by atoms with van der Waals surface area (Å²) in [6.07, 6.45) is 4.55. The maximum atomic E-state index is 12.6. The quantitative estimate of drug-likeness (QED) is 0.802. The van der Waals surface area contributed by atoms with E-state index in [9.17, 15) is 13.2 Å². The monoisotopic (exact) mass is 413 g/mol. The van der Waals surface area contributed by atoms with E-state index in [0.29, 0.717) is 13.1 Å². The maximum absolute atomic E-state index is 12.6. The second kappa shape index (κ2) is 8.90. The molecule has 150 valence electrons. The molecule has 0 saturated carbocycles. The van der Waals surface area contributed by atoms with Crippen molar-refractivity contribution in [2.24, 2.45) is 5.92 Å². The SMILES string of the molecule is CS(=O)(=O)N1CCCC(C(=O)NC2CCN(Cc3ccc(Cl)cc3)CC2)C1. The predicted octanol–water partition coefficient (Wildman–Crippen LogP) is 2.09. The average molecular weight is 414 g/mol. The fourth-order valence-corrected chi connectivity index (χ4v) is 4.90. The molecular weight excluding hydrogens is 386 g/mol. The minimum absolute atomic E-state index is 0.000462. The molecule has 8 heteroatoms. The highest BCUT2D eigenvalue weighted by Gasteiger charge is 2.31. The van der Waals surface area contributed by atoms with Gasteiger partial charge < -0.3 is 5.32 Å². The van der Waals surface area contributed by atoms with Crippen molar-refractivity contribution in [3.8, 4) is 0 Å². The van der Waals surface area contributed by atoms with Gasteiger partial charge in [-0.3, -0.25) is 9.69 Å². The lowest BCUT2D eigenvalue weighted by molar-refractivity contribution is -0.127. The van der Waals surface area contributed by atoms with Gasteiger partial charge in [-0.05, 0) is 43.4 Å². The molecule has 2 aliphatic rings. The molecule has 6 nitrogen and oxygen atoms in total. The van der Waals surface area contributed by atoms with Crippen LogP contribution >= 0.6 is 11.6 Å². The van der Waals surface area contributed by atoms with Crippen LogP contribution in [-0.2, 0) is 21.4 Å². The van der Waals surface area contributed by atoms with Crippen molar-refractivity contribution in [3.05, 3.63) is 34.9 Å². The predicted molar refractivity (Wildman–Crippen MR) is 107 cm³/mol. The van der Waals surface area contributed by atoms with Crippen LogP contribution in [0.5, 0.6) is 0 Å². The maximum Gasteiger partial charge on any atom is 0.224 e. The zero-order valence-electron chi connectivity index (χ0n) is 15.7. The van der Waals surface area contributed by atoms with E-state index >= 15 is 0 Å². The van der Waals surface area contributed by atoms with Crippen LogP contribution in [0.2, 0.25) is 5.02 Å². The summed E-state index contributed by atoms with van der Waals surface area (Å²) in [6, 6.07) is 8.09. The number of amides is 1. The summed E-state index contributed by atoms with van der Waals surface area (Å²) < 4.78 is 24.9. The van der Waals surface area contributed by atoms with Gasteiger partial charge in [0.05, 0.1) is 12.2 Å². The van der Waals surface area contributed by atoms with Crippen molar-refractivity contribution >= 4 is 27.5 Å². The molecule has 0 aliphatic carbocycles. The van der Waals surface area contributed by atoms with Crippen LogP contribution < -0.4 is 5.32 Å². The number of halogens is 1. The minimum atomic E-state index is -3.23. The van der Waals surface area contributed by atoms with E-state index < -0.39 is 10.0 Å². The topological polar surface area (TPSA) is 69.7 Å². The number of hydrogen-bond donors (Lipinski definition) is 1. The number of hydrogen-bond acceptors (Lipinski definition) is 4. The molecule has 2 heterocycles. The Morgan fingerprint density at radius 3 is 2.44 bits per heavy atom. The largest absolute Gasteiger partial charge is 0.353 e. The van der Waals surface area contributed by atoms with E-state index in [2.05, 4.69) is 10.2 Å². The smallest absolute Gasteiger partial charge is 0.224 e. The Balaban J connectivity index is 1.44. The van der Waals surface area contributed by atoms with Crippen molar-refractivity contribution in [3.63, 3.8) is 0 Å². The first-order chi connectivity index (χ1) is 12.8. The Morgan fingerprint density at radius 2 is 1.81 bits per heavy atom. The van der Waals surface area contributed by atoms with Gasteiger partial charge in [0.2, 0.25) is 15.9 Å². The summed E-state index contributed by atoms with van der Waals surface area (Å²) in [4.78, 5) is 15.0. The van der Waals surface area contributed by atoms with Gasteiger partial charge in [0, 0.05) is 43.8 Å². The van der Waals surface area contributed by atoms with Crippen molar-refractivity contribution in [2.45, 2.75) is 38.3 Å². The van der Waals surface area contributed by atoms with Gasteiger partial charge in [0.1, 0.15) is 0 Å². The Bertz CT molecular complexity index is 746. The molecular formula is C19H28ClN3O3S. The standard InChI is InChI=1S/C19H28ClN3O3S/c1-27(25,26)23-10-2-3-16(14-23)19(24)21-18-8-11-22(12-9-18)13-15-4-6-17(20)7-5-15/h4-7,16,18H,2-3,8-14H2,1H3,(H,21,24). The summed E-state index contributed by atoms with van der Waals surface area (Å²) in [5.41, 5.74) is 1.24. The Kier molecular flexibility index (Phi) is 6.78. The third kappa shape index (κ3) is 5.91. The number of carbonyl (C=O) groups is 1. The van der Waals surface area contributed by atoms with Crippen LogP contribution in [0.3, 0.4) is 0 Å². The number of carbonyl (C=O) groups excluding carboxylic acids is 1. The molecule has 27 heavy (non-hydrogen) atoms. The lowest BCUT2D eigenvalue weighted by atomic mass is 9.97. The molecule has 3 rings (SSSR count). The van der Waals surface area contributed by atoms with E-state index in [-0.39, 0.29) is 17.9 Å². The zero-order chi connectivity index (χ0) is 19.4. The third-order valence-corrected chi connectivity index (χ3v) is 7.00. The Hall–Kier alpha value is -1.15. The van der Waals surface area contributed by atoms with E-state index in [1.807, 2.05) is 24.3 Å². The van der Waals surface area contributed by atoms with E-state index in [1.165, 1.54) is 16.1 Å². The summed E-state index contributed by atoms with van der Waals surface area (Å²) in [7, 11) is -3.23. The van der Waals surface area contributed by atoms with Crippen LogP contribution in [0.15, 0.2) is 24.3 Å². The van der Waals surface area contributed by atoms with Gasteiger partial charge in [0.25, 0.3) is 0 Å². The van der Waals surface area contributed by atoms with Crippen LogP contribution in [0.4, 0.5) is 0 Å². The summed E-state index contributed by atoms with van der Waals surface area (Å²) in [5.74, 6) is -0.236. The third-order valence-electron chi connectivity index (χ3n) is 5.48. The molecule has 2 saturated heterocycles. The summed E-state index contributed by atoms with van der Waals surface area (Å²) in [6.45, 7) is 3.59. The molecule has 0 bridgehead atoms.